The van der Waals surface area contributed by atoms with Gasteiger partial charge in [-0.05, 0) is 42.1 Å². The average molecular weight is 487 g/mol. The number of nitrogens with zero attached hydrogens (tertiary/aromatic N) is 4. The van der Waals surface area contributed by atoms with E-state index in [2.05, 4.69) is 20.3 Å². The van der Waals surface area contributed by atoms with Crippen LogP contribution in [-0.2, 0) is 7.05 Å². The highest BCUT2D eigenvalue weighted by atomic mass is 16.5. The Morgan fingerprint density at radius 2 is 2.00 bits per heavy atom. The Morgan fingerprint density at radius 3 is 2.69 bits per heavy atom. The van der Waals surface area contributed by atoms with Gasteiger partial charge in [0.05, 0.1) is 43.9 Å². The number of hydrogen-bond acceptors (Lipinski definition) is 8. The van der Waals surface area contributed by atoms with Crippen molar-refractivity contribution in [2.24, 2.45) is 17.8 Å². The number of methoxy groups -OCH3 is 1. The molecule has 0 bridgehead atoms. The summed E-state index contributed by atoms with van der Waals surface area (Å²) in [5, 5.41) is 23.7. The van der Waals surface area contributed by atoms with Crippen LogP contribution in [0, 0.1) is 6.92 Å². The molecule has 0 radical (unpaired) electrons. The minimum Gasteiger partial charge on any atom is -0.495 e. The monoisotopic (exact) mass is 486 g/mol. The van der Waals surface area contributed by atoms with E-state index in [1.165, 1.54) is 6.20 Å². The smallest absolute Gasteiger partial charge is 0.143 e. The van der Waals surface area contributed by atoms with Crippen molar-refractivity contribution < 1.29 is 14.9 Å². The third-order valence-electron chi connectivity index (χ3n) is 5.97. The highest BCUT2D eigenvalue weighted by molar-refractivity contribution is 6.10. The van der Waals surface area contributed by atoms with Gasteiger partial charge in [0.15, 0.2) is 0 Å². The number of nitrogens with one attached hydrogen (secondary N) is 1. The standard InChI is InChI=1S/C27H30N6O3/c1-17-30-15-25(33(17)2)19-6-7-24(26(9-19)36-3)32-27-10-21-8-18(4-5-20(21)13-31-27)22(11-28)12-29-14-23(35)16-34/h4-13,15,23,34-35H,14,16,28H2,1-3H3,(H,31,32). The summed E-state index contributed by atoms with van der Waals surface area (Å²) in [5.41, 5.74) is 10.2. The Hall–Kier alpha value is -4.21. The van der Waals surface area contributed by atoms with Gasteiger partial charge in [0.25, 0.3) is 0 Å². The number of aliphatic hydroxyl groups is 2. The SMILES string of the molecule is COc1cc(-c2cnc(C)n2C)ccc1Nc1cc2cc(C(C=NCC(O)CO)=CN)ccc2cn1. The lowest BCUT2D eigenvalue weighted by Crippen LogP contribution is -2.15. The predicted octanol–water partition coefficient (Wildman–Crippen LogP) is 3.42. The number of anilines is 2. The fourth-order valence-corrected chi connectivity index (χ4v) is 3.80. The number of aromatic nitrogens is 3. The molecular formula is C27H30N6O3. The molecule has 2 aromatic heterocycles. The van der Waals surface area contributed by atoms with Crippen molar-refractivity contribution in [1.82, 2.24) is 14.5 Å². The Kier molecular flexibility index (Phi) is 7.62. The molecule has 9 nitrogen and oxygen atoms in total. The van der Waals surface area contributed by atoms with Gasteiger partial charge in [-0.15, -0.1) is 0 Å². The highest BCUT2D eigenvalue weighted by Crippen LogP contribution is 2.33. The van der Waals surface area contributed by atoms with E-state index in [0.717, 1.165) is 39.1 Å². The van der Waals surface area contributed by atoms with Crippen molar-refractivity contribution >= 4 is 34.1 Å². The second kappa shape index (κ2) is 11.0. The molecule has 0 saturated carbocycles. The van der Waals surface area contributed by atoms with E-state index in [4.69, 9.17) is 15.6 Å². The van der Waals surface area contributed by atoms with Crippen LogP contribution >= 0.6 is 0 Å². The number of fused-ring (bicyclic) bond motifs is 1. The normalized spacial score (nSPS) is 12.9. The van der Waals surface area contributed by atoms with Gasteiger partial charge in [0.2, 0.25) is 0 Å². The van der Waals surface area contributed by atoms with E-state index in [1.54, 1.807) is 19.5 Å². The summed E-state index contributed by atoms with van der Waals surface area (Å²) >= 11 is 0. The largest absolute Gasteiger partial charge is 0.495 e. The first-order valence-electron chi connectivity index (χ1n) is 11.5. The Labute approximate surface area is 209 Å². The van der Waals surface area contributed by atoms with Gasteiger partial charge < -0.3 is 30.6 Å². The number of allylic oxidation sites excluding steroid dienone is 1. The molecule has 2 aromatic carbocycles. The number of pyridine rings is 1. The number of nitrogens with two attached hydrogens (primary N) is 1. The van der Waals surface area contributed by atoms with E-state index < -0.39 is 6.10 Å². The lowest BCUT2D eigenvalue weighted by atomic mass is 10.0. The van der Waals surface area contributed by atoms with Gasteiger partial charge in [0, 0.05) is 42.2 Å². The number of aryl methyl sites for hydroxylation is 1. The molecule has 0 amide bonds. The number of imidazole rings is 1. The summed E-state index contributed by atoms with van der Waals surface area (Å²) in [6.07, 6.45) is 5.82. The first-order chi connectivity index (χ1) is 17.4. The number of benzene rings is 2. The van der Waals surface area contributed by atoms with Gasteiger partial charge in [-0.2, -0.15) is 0 Å². The minimum atomic E-state index is -0.893. The topological polar surface area (TPSA) is 131 Å². The zero-order chi connectivity index (χ0) is 25.7. The second-order valence-corrected chi connectivity index (χ2v) is 8.37. The lowest BCUT2D eigenvalue weighted by Gasteiger charge is -2.13. The van der Waals surface area contributed by atoms with Crippen molar-refractivity contribution in [3.63, 3.8) is 0 Å². The summed E-state index contributed by atoms with van der Waals surface area (Å²) in [5.74, 6) is 2.30. The molecule has 0 spiro atoms. The van der Waals surface area contributed by atoms with Gasteiger partial charge in [-0.1, -0.05) is 18.2 Å². The average Bonchev–Trinajstić information content (AvgIpc) is 3.24. The van der Waals surface area contributed by atoms with Crippen LogP contribution < -0.4 is 15.8 Å². The molecule has 0 aliphatic carbocycles. The van der Waals surface area contributed by atoms with Gasteiger partial charge in [-0.25, -0.2) is 9.97 Å². The van der Waals surface area contributed by atoms with Gasteiger partial charge in [0.1, 0.15) is 17.4 Å². The number of aliphatic hydroxyl groups excluding tert-OH is 2. The van der Waals surface area contributed by atoms with Crippen LogP contribution in [0.4, 0.5) is 11.5 Å². The van der Waals surface area contributed by atoms with Crippen LogP contribution in [0.2, 0.25) is 0 Å². The van der Waals surface area contributed by atoms with E-state index in [9.17, 15) is 5.11 Å². The fourth-order valence-electron chi connectivity index (χ4n) is 3.80. The van der Waals surface area contributed by atoms with Gasteiger partial charge in [-0.3, -0.25) is 4.99 Å². The molecule has 4 rings (SSSR count). The van der Waals surface area contributed by atoms with Crippen molar-refractivity contribution in [3.05, 3.63) is 72.4 Å². The fraction of sp³-hybridized carbons (Fsp3) is 0.222. The van der Waals surface area contributed by atoms with Crippen molar-refractivity contribution in [3.8, 4) is 17.0 Å². The first-order valence-corrected chi connectivity index (χ1v) is 11.5. The second-order valence-electron chi connectivity index (χ2n) is 8.37. The van der Waals surface area contributed by atoms with E-state index in [1.807, 2.05) is 67.2 Å². The third kappa shape index (κ3) is 5.37. The summed E-state index contributed by atoms with van der Waals surface area (Å²) in [4.78, 5) is 13.1. The molecule has 4 aromatic rings. The molecule has 0 fully saturated rings. The van der Waals surface area contributed by atoms with Crippen LogP contribution in [0.3, 0.4) is 0 Å². The number of hydrogen-bond donors (Lipinski definition) is 4. The Morgan fingerprint density at radius 1 is 1.17 bits per heavy atom. The summed E-state index contributed by atoms with van der Waals surface area (Å²) < 4.78 is 7.69. The van der Waals surface area contributed by atoms with Crippen molar-refractivity contribution in [2.75, 3.05) is 25.6 Å². The summed E-state index contributed by atoms with van der Waals surface area (Å²) in [6.45, 7) is 1.72. The van der Waals surface area contributed by atoms with Crippen LogP contribution in [0.15, 0.2) is 66.1 Å². The maximum atomic E-state index is 9.49. The third-order valence-corrected chi connectivity index (χ3v) is 5.97. The number of ether oxygens (including phenoxy) is 1. The van der Waals surface area contributed by atoms with E-state index in [-0.39, 0.29) is 13.2 Å². The zero-order valence-electron chi connectivity index (χ0n) is 20.5. The quantitative estimate of drug-likeness (QED) is 0.267. The van der Waals surface area contributed by atoms with Crippen LogP contribution in [0.25, 0.3) is 27.6 Å². The van der Waals surface area contributed by atoms with E-state index >= 15 is 0 Å². The predicted molar refractivity (Wildman–Crippen MR) is 144 cm³/mol. The molecule has 5 N–H and O–H groups in total. The molecule has 9 heteroatoms. The van der Waals surface area contributed by atoms with Crippen molar-refractivity contribution in [2.45, 2.75) is 13.0 Å². The maximum absolute atomic E-state index is 9.49. The maximum Gasteiger partial charge on any atom is 0.143 e. The molecular weight excluding hydrogens is 456 g/mol. The highest BCUT2D eigenvalue weighted by Gasteiger charge is 2.11. The van der Waals surface area contributed by atoms with Crippen molar-refractivity contribution in [1.29, 1.82) is 0 Å². The Balaban J connectivity index is 1.59. The van der Waals surface area contributed by atoms with E-state index in [0.29, 0.717) is 17.1 Å². The lowest BCUT2D eigenvalue weighted by molar-refractivity contribution is 0.102. The Bertz CT molecular complexity index is 1430. The van der Waals surface area contributed by atoms with Crippen LogP contribution in [0.1, 0.15) is 11.4 Å². The molecule has 186 valence electrons. The molecule has 0 aliphatic heterocycles. The van der Waals surface area contributed by atoms with Crippen LogP contribution in [-0.4, -0.2) is 57.3 Å². The minimum absolute atomic E-state index is 0.0975. The number of aliphatic imine (C=N–C) groups is 1. The summed E-state index contributed by atoms with van der Waals surface area (Å²) in [7, 11) is 3.62. The number of rotatable bonds is 9. The molecule has 1 atom stereocenters. The van der Waals surface area contributed by atoms with Crippen LogP contribution in [0.5, 0.6) is 5.75 Å². The van der Waals surface area contributed by atoms with Gasteiger partial charge >= 0.3 is 0 Å². The molecule has 1 unspecified atom stereocenters. The summed E-state index contributed by atoms with van der Waals surface area (Å²) in [6, 6.07) is 13.8. The molecule has 0 aliphatic rings. The molecule has 36 heavy (non-hydrogen) atoms. The molecule has 0 saturated heterocycles. The molecule has 2 heterocycles. The zero-order valence-corrected chi connectivity index (χ0v) is 20.5. The first kappa shape index (κ1) is 24.9.